The van der Waals surface area contributed by atoms with Crippen LogP contribution in [0.15, 0.2) is 24.3 Å². The van der Waals surface area contributed by atoms with E-state index in [9.17, 15) is 0 Å². The summed E-state index contributed by atoms with van der Waals surface area (Å²) in [6.07, 6.45) is 4.00. The molecule has 17 heavy (non-hydrogen) atoms. The van der Waals surface area contributed by atoms with Crippen LogP contribution < -0.4 is 10.6 Å². The quantitative estimate of drug-likeness (QED) is 0.895. The second-order valence-electron chi connectivity index (χ2n) is 4.40. The van der Waals surface area contributed by atoms with Crippen molar-refractivity contribution in [1.82, 2.24) is 0 Å². The zero-order chi connectivity index (χ0) is 10.7. The van der Waals surface area contributed by atoms with Gasteiger partial charge in [-0.3, -0.25) is 0 Å². The zero-order valence-electron chi connectivity index (χ0n) is 10.3. The molecule has 0 amide bonds. The molecule has 1 fully saturated rings. The molecule has 0 saturated carbocycles. The first-order valence-electron chi connectivity index (χ1n) is 5.88. The number of nitrogens with zero attached hydrogens (tertiary/aromatic N) is 1. The Labute approximate surface area is 116 Å². The lowest BCUT2D eigenvalue weighted by Crippen LogP contribution is -2.30. The van der Waals surface area contributed by atoms with E-state index >= 15 is 0 Å². The van der Waals surface area contributed by atoms with Gasteiger partial charge in [0.05, 0.1) is 0 Å². The molecule has 0 bridgehead atoms. The molecule has 1 saturated heterocycles. The maximum absolute atomic E-state index is 5.99. The molecule has 1 aromatic rings. The molecule has 2 N–H and O–H groups in total. The Morgan fingerprint density at radius 3 is 2.24 bits per heavy atom. The number of benzene rings is 1. The molecule has 0 aliphatic carbocycles. The Balaban J connectivity index is 0.00000128. The SMILES string of the molecule is CC(N)c1ccccc1N1CCCCC1.Cl.Cl. The van der Waals surface area contributed by atoms with Crippen molar-refractivity contribution < 1.29 is 0 Å². The van der Waals surface area contributed by atoms with Gasteiger partial charge >= 0.3 is 0 Å². The smallest absolute Gasteiger partial charge is 0.0414 e. The number of nitrogens with two attached hydrogens (primary N) is 1. The van der Waals surface area contributed by atoms with E-state index in [1.54, 1.807) is 0 Å². The number of hydrogen-bond acceptors (Lipinski definition) is 2. The average molecular weight is 277 g/mol. The Bertz CT molecular complexity index is 323. The minimum absolute atomic E-state index is 0. The van der Waals surface area contributed by atoms with Crippen molar-refractivity contribution >= 4 is 30.5 Å². The molecule has 1 aliphatic heterocycles. The predicted molar refractivity (Wildman–Crippen MR) is 79.6 cm³/mol. The van der Waals surface area contributed by atoms with Crippen molar-refractivity contribution in [2.45, 2.75) is 32.2 Å². The molecule has 2 rings (SSSR count). The highest BCUT2D eigenvalue weighted by Crippen LogP contribution is 2.27. The molecule has 4 heteroatoms. The lowest BCUT2D eigenvalue weighted by Gasteiger charge is -2.31. The molecule has 1 heterocycles. The molecule has 98 valence electrons. The Hall–Kier alpha value is -0.440. The van der Waals surface area contributed by atoms with Gasteiger partial charge in [-0.15, -0.1) is 24.8 Å². The van der Waals surface area contributed by atoms with Crippen LogP contribution in [0.25, 0.3) is 0 Å². The monoisotopic (exact) mass is 276 g/mol. The third-order valence-corrected chi connectivity index (χ3v) is 3.12. The van der Waals surface area contributed by atoms with Crippen molar-refractivity contribution in [3.63, 3.8) is 0 Å². The van der Waals surface area contributed by atoms with Gasteiger partial charge in [0.1, 0.15) is 0 Å². The Morgan fingerprint density at radius 2 is 1.65 bits per heavy atom. The molecular weight excluding hydrogens is 255 g/mol. The first kappa shape index (κ1) is 16.6. The fourth-order valence-corrected chi connectivity index (χ4v) is 2.30. The molecule has 1 unspecified atom stereocenters. The van der Waals surface area contributed by atoms with Gasteiger partial charge in [0.15, 0.2) is 0 Å². The van der Waals surface area contributed by atoms with Crippen molar-refractivity contribution in [2.24, 2.45) is 5.73 Å². The second-order valence-corrected chi connectivity index (χ2v) is 4.40. The number of para-hydroxylation sites is 1. The summed E-state index contributed by atoms with van der Waals surface area (Å²) in [7, 11) is 0. The van der Waals surface area contributed by atoms with Crippen LogP contribution in [0.4, 0.5) is 5.69 Å². The summed E-state index contributed by atoms with van der Waals surface area (Å²) in [5, 5.41) is 0. The molecular formula is C13H22Cl2N2. The number of piperidine rings is 1. The molecule has 0 aromatic heterocycles. The highest BCUT2D eigenvalue weighted by Gasteiger charge is 2.15. The van der Waals surface area contributed by atoms with Crippen LogP contribution in [0.2, 0.25) is 0 Å². The van der Waals surface area contributed by atoms with E-state index in [1.165, 1.54) is 43.6 Å². The third kappa shape index (κ3) is 4.06. The van der Waals surface area contributed by atoms with E-state index in [0.717, 1.165) is 0 Å². The van der Waals surface area contributed by atoms with Crippen LogP contribution in [0.3, 0.4) is 0 Å². The maximum Gasteiger partial charge on any atom is 0.0414 e. The zero-order valence-corrected chi connectivity index (χ0v) is 11.9. The van der Waals surface area contributed by atoms with Gasteiger partial charge in [0.25, 0.3) is 0 Å². The topological polar surface area (TPSA) is 29.3 Å². The molecule has 0 radical (unpaired) electrons. The van der Waals surface area contributed by atoms with E-state index < -0.39 is 0 Å². The number of anilines is 1. The van der Waals surface area contributed by atoms with E-state index in [1.807, 2.05) is 0 Å². The van der Waals surface area contributed by atoms with Crippen LogP contribution >= 0.6 is 24.8 Å². The van der Waals surface area contributed by atoms with Crippen molar-refractivity contribution in [3.8, 4) is 0 Å². The molecule has 0 spiro atoms. The first-order chi connectivity index (χ1) is 7.29. The fourth-order valence-electron chi connectivity index (χ4n) is 2.30. The van der Waals surface area contributed by atoms with E-state index in [2.05, 4.69) is 36.1 Å². The van der Waals surface area contributed by atoms with Gasteiger partial charge in [-0.2, -0.15) is 0 Å². The Morgan fingerprint density at radius 1 is 1.06 bits per heavy atom. The highest BCUT2D eigenvalue weighted by atomic mass is 35.5. The fraction of sp³-hybridized carbons (Fsp3) is 0.538. The minimum atomic E-state index is 0. The van der Waals surface area contributed by atoms with E-state index in [4.69, 9.17) is 5.73 Å². The third-order valence-electron chi connectivity index (χ3n) is 3.12. The predicted octanol–water partition coefficient (Wildman–Crippen LogP) is 3.54. The standard InChI is InChI=1S/C13H20N2.2ClH/c1-11(14)12-7-3-4-8-13(12)15-9-5-2-6-10-15;;/h3-4,7-8,11H,2,5-6,9-10,14H2,1H3;2*1H. The summed E-state index contributed by atoms with van der Waals surface area (Å²) in [6, 6.07) is 8.66. The van der Waals surface area contributed by atoms with Gasteiger partial charge < -0.3 is 10.6 Å². The summed E-state index contributed by atoms with van der Waals surface area (Å²) in [4.78, 5) is 2.47. The van der Waals surface area contributed by atoms with Gasteiger partial charge in [0.2, 0.25) is 0 Å². The lowest BCUT2D eigenvalue weighted by atomic mass is 10.0. The van der Waals surface area contributed by atoms with Crippen molar-refractivity contribution in [3.05, 3.63) is 29.8 Å². The molecule has 1 aliphatic rings. The van der Waals surface area contributed by atoms with Crippen LogP contribution in [-0.2, 0) is 0 Å². The van der Waals surface area contributed by atoms with Crippen LogP contribution in [0.5, 0.6) is 0 Å². The summed E-state index contributed by atoms with van der Waals surface area (Å²) < 4.78 is 0. The van der Waals surface area contributed by atoms with Crippen molar-refractivity contribution in [1.29, 1.82) is 0 Å². The van der Waals surface area contributed by atoms with Crippen LogP contribution in [0, 0.1) is 0 Å². The maximum atomic E-state index is 5.99. The normalized spacial score (nSPS) is 16.7. The number of hydrogen-bond donors (Lipinski definition) is 1. The van der Waals surface area contributed by atoms with E-state index in [0.29, 0.717) is 0 Å². The molecule has 1 atom stereocenters. The molecule has 1 aromatic carbocycles. The van der Waals surface area contributed by atoms with Gasteiger partial charge in [-0.25, -0.2) is 0 Å². The van der Waals surface area contributed by atoms with Crippen molar-refractivity contribution in [2.75, 3.05) is 18.0 Å². The highest BCUT2D eigenvalue weighted by molar-refractivity contribution is 5.85. The van der Waals surface area contributed by atoms with Gasteiger partial charge in [-0.05, 0) is 37.8 Å². The van der Waals surface area contributed by atoms with Gasteiger partial charge in [0, 0.05) is 24.8 Å². The van der Waals surface area contributed by atoms with Crippen LogP contribution in [-0.4, -0.2) is 13.1 Å². The summed E-state index contributed by atoms with van der Waals surface area (Å²) in [5.74, 6) is 0. The van der Waals surface area contributed by atoms with E-state index in [-0.39, 0.29) is 30.9 Å². The Kier molecular flexibility index (Phi) is 7.60. The lowest BCUT2D eigenvalue weighted by molar-refractivity contribution is 0.575. The number of rotatable bonds is 2. The summed E-state index contributed by atoms with van der Waals surface area (Å²) >= 11 is 0. The second kappa shape index (κ2) is 7.80. The average Bonchev–Trinajstić information content (AvgIpc) is 2.30. The number of halogens is 2. The first-order valence-corrected chi connectivity index (χ1v) is 5.88. The van der Waals surface area contributed by atoms with Crippen LogP contribution in [0.1, 0.15) is 37.8 Å². The van der Waals surface area contributed by atoms with Gasteiger partial charge in [-0.1, -0.05) is 18.2 Å². The molecule has 2 nitrogen and oxygen atoms in total. The minimum Gasteiger partial charge on any atom is -0.371 e. The summed E-state index contributed by atoms with van der Waals surface area (Å²) in [6.45, 7) is 4.43. The largest absolute Gasteiger partial charge is 0.371 e. The summed E-state index contributed by atoms with van der Waals surface area (Å²) in [5.41, 5.74) is 8.61.